The van der Waals surface area contributed by atoms with Crippen molar-refractivity contribution in [2.45, 2.75) is 114 Å². The van der Waals surface area contributed by atoms with Gasteiger partial charge in [-0.25, -0.2) is 4.98 Å². The minimum Gasteiger partial charge on any atom is -0.481 e. The Morgan fingerprint density at radius 2 is 1.54 bits per heavy atom. The van der Waals surface area contributed by atoms with E-state index in [1.165, 1.54) is 88.4 Å². The zero-order valence-electron chi connectivity index (χ0n) is 22.3. The van der Waals surface area contributed by atoms with Crippen molar-refractivity contribution >= 4 is 17.0 Å². The van der Waals surface area contributed by atoms with Gasteiger partial charge in [0, 0.05) is 49.7 Å². The maximum absolute atomic E-state index is 11.0. The van der Waals surface area contributed by atoms with Crippen molar-refractivity contribution in [2.24, 2.45) is 11.8 Å². The van der Waals surface area contributed by atoms with Crippen LogP contribution in [0.25, 0.3) is 11.0 Å². The van der Waals surface area contributed by atoms with Crippen LogP contribution in [0.15, 0.2) is 24.3 Å². The van der Waals surface area contributed by atoms with E-state index in [4.69, 9.17) is 10.1 Å². The molecule has 6 heteroatoms. The van der Waals surface area contributed by atoms with Crippen LogP contribution in [0.5, 0.6) is 0 Å². The van der Waals surface area contributed by atoms with Gasteiger partial charge in [-0.3, -0.25) is 9.69 Å². The van der Waals surface area contributed by atoms with Gasteiger partial charge < -0.3 is 14.6 Å². The van der Waals surface area contributed by atoms with Gasteiger partial charge in [0.15, 0.2) is 0 Å². The summed E-state index contributed by atoms with van der Waals surface area (Å²) in [6, 6.07) is 11.6. The highest BCUT2D eigenvalue weighted by atomic mass is 16.4. The Kier molecular flexibility index (Phi) is 6.52. The van der Waals surface area contributed by atoms with Gasteiger partial charge in [0.25, 0.3) is 0 Å². The zero-order valence-corrected chi connectivity index (χ0v) is 22.3. The molecule has 2 aromatic rings. The first kappa shape index (κ1) is 24.1. The van der Waals surface area contributed by atoms with Crippen LogP contribution in [0, 0.1) is 11.8 Å². The van der Waals surface area contributed by atoms with Gasteiger partial charge in [-0.2, -0.15) is 0 Å². The molecule has 1 aromatic heterocycles. The molecule has 3 saturated heterocycles. The van der Waals surface area contributed by atoms with Crippen LogP contribution in [0.1, 0.15) is 101 Å². The van der Waals surface area contributed by atoms with Crippen LogP contribution >= 0.6 is 0 Å². The first-order valence-electron chi connectivity index (χ1n) is 15.3. The SMILES string of the molecule is O=C(O)CCN1CC(c2nc3ccccc3n2C2C[C@H]3CCC[C@@H](C2)N3[C@@H]2C[C@@H]3CCCC[C@@H](C3)C2)C1. The fraction of sp³-hybridized carbons (Fsp3) is 0.742. The van der Waals surface area contributed by atoms with E-state index in [0.717, 1.165) is 48.6 Å². The largest absolute Gasteiger partial charge is 0.481 e. The summed E-state index contributed by atoms with van der Waals surface area (Å²) in [7, 11) is 0. The zero-order chi connectivity index (χ0) is 24.9. The molecule has 2 aliphatic carbocycles. The number of likely N-dealkylation sites (tertiary alicyclic amines) is 1. The van der Waals surface area contributed by atoms with Crippen LogP contribution in [0.2, 0.25) is 0 Å². The lowest BCUT2D eigenvalue weighted by Crippen LogP contribution is -2.58. The van der Waals surface area contributed by atoms with Crippen molar-refractivity contribution in [3.05, 3.63) is 30.1 Å². The second-order valence-electron chi connectivity index (χ2n) is 13.1. The van der Waals surface area contributed by atoms with E-state index >= 15 is 0 Å². The second-order valence-corrected chi connectivity index (χ2v) is 13.1. The molecule has 4 heterocycles. The van der Waals surface area contributed by atoms with E-state index in [1.54, 1.807) is 0 Å². The van der Waals surface area contributed by atoms with Gasteiger partial charge in [-0.05, 0) is 68.9 Å². The second kappa shape index (κ2) is 10.00. The molecule has 3 aliphatic heterocycles. The number of piperidine rings is 2. The summed E-state index contributed by atoms with van der Waals surface area (Å²) in [5.41, 5.74) is 2.44. The first-order valence-corrected chi connectivity index (χ1v) is 15.3. The van der Waals surface area contributed by atoms with Crippen LogP contribution in [-0.2, 0) is 4.79 Å². The molecular formula is C31H44N4O2. The van der Waals surface area contributed by atoms with E-state index in [-0.39, 0.29) is 6.42 Å². The normalized spacial score (nSPS) is 35.2. The summed E-state index contributed by atoms with van der Waals surface area (Å²) in [5.74, 6) is 2.94. The number of hydrogen-bond acceptors (Lipinski definition) is 4. The van der Waals surface area contributed by atoms with E-state index in [0.29, 0.717) is 18.5 Å². The number of nitrogens with zero attached hydrogens (tertiary/aromatic N) is 4. The molecule has 1 unspecified atom stereocenters. The Morgan fingerprint density at radius 3 is 2.24 bits per heavy atom. The van der Waals surface area contributed by atoms with E-state index in [2.05, 4.69) is 38.6 Å². The number of para-hydroxylation sites is 2. The molecule has 7 rings (SSSR count). The van der Waals surface area contributed by atoms with Crippen molar-refractivity contribution in [3.63, 3.8) is 0 Å². The number of carboxylic acids is 1. The van der Waals surface area contributed by atoms with Crippen molar-refractivity contribution in [2.75, 3.05) is 19.6 Å². The summed E-state index contributed by atoms with van der Waals surface area (Å²) >= 11 is 0. The quantitative estimate of drug-likeness (QED) is 0.537. The highest BCUT2D eigenvalue weighted by molar-refractivity contribution is 5.76. The molecule has 2 saturated carbocycles. The van der Waals surface area contributed by atoms with E-state index < -0.39 is 5.97 Å². The summed E-state index contributed by atoms with van der Waals surface area (Å²) < 4.78 is 2.65. The molecule has 1 N–H and O–H groups in total. The van der Waals surface area contributed by atoms with Gasteiger partial charge in [0.2, 0.25) is 0 Å². The van der Waals surface area contributed by atoms with Crippen molar-refractivity contribution in [1.82, 2.24) is 19.4 Å². The van der Waals surface area contributed by atoms with Crippen LogP contribution in [-0.4, -0.2) is 68.2 Å². The average Bonchev–Trinajstić information content (AvgIpc) is 3.14. The number of hydrogen-bond donors (Lipinski definition) is 1. The van der Waals surface area contributed by atoms with Gasteiger partial charge in [-0.15, -0.1) is 0 Å². The van der Waals surface area contributed by atoms with Crippen molar-refractivity contribution in [3.8, 4) is 0 Å². The lowest BCUT2D eigenvalue weighted by atomic mass is 9.73. The van der Waals surface area contributed by atoms with Gasteiger partial charge in [0.1, 0.15) is 5.82 Å². The minimum absolute atomic E-state index is 0.230. The van der Waals surface area contributed by atoms with Crippen LogP contribution in [0.4, 0.5) is 0 Å². The molecule has 5 aliphatic rings. The summed E-state index contributed by atoms with van der Waals surface area (Å²) in [6.07, 6.45) is 17.2. The number of aliphatic carboxylic acids is 1. The fourth-order valence-electron chi connectivity index (χ4n) is 9.21. The average molecular weight is 505 g/mol. The van der Waals surface area contributed by atoms with Crippen molar-refractivity contribution in [1.29, 1.82) is 0 Å². The number of carbonyl (C=O) groups is 1. The Morgan fingerprint density at radius 1 is 0.838 bits per heavy atom. The number of imidazole rings is 1. The number of carboxylic acid groups (broad SMARTS) is 1. The molecule has 200 valence electrons. The van der Waals surface area contributed by atoms with Crippen LogP contribution < -0.4 is 0 Å². The van der Waals surface area contributed by atoms with Crippen molar-refractivity contribution < 1.29 is 9.90 Å². The third kappa shape index (κ3) is 4.63. The number of rotatable bonds is 6. The lowest BCUT2D eigenvalue weighted by Gasteiger charge is -2.55. The molecular weight excluding hydrogens is 460 g/mol. The molecule has 37 heavy (non-hydrogen) atoms. The summed E-state index contributed by atoms with van der Waals surface area (Å²) in [4.78, 5) is 21.6. The van der Waals surface area contributed by atoms with Gasteiger partial charge >= 0.3 is 5.97 Å². The smallest absolute Gasteiger partial charge is 0.304 e. The molecule has 6 atom stereocenters. The predicted octanol–water partition coefficient (Wildman–Crippen LogP) is 5.83. The molecule has 5 fully saturated rings. The fourth-order valence-corrected chi connectivity index (χ4v) is 9.21. The van der Waals surface area contributed by atoms with E-state index in [9.17, 15) is 4.79 Å². The third-order valence-corrected chi connectivity index (χ3v) is 10.7. The molecule has 4 bridgehead atoms. The van der Waals surface area contributed by atoms with Gasteiger partial charge in [0.05, 0.1) is 17.5 Å². The standard InChI is InChI=1S/C31H44N4O2/c36-30(37)12-13-33-19-23(20-33)31-32-28-10-3-4-11-29(28)35(31)27-17-24-8-5-9-25(18-27)34(24)26-15-21-6-1-2-7-22(14-21)16-26/h3-4,10-11,21-27H,1-2,5-9,12-20H2,(H,36,37)/t21-,22+,24-,25+,26-,27?. The highest BCUT2D eigenvalue weighted by Gasteiger charge is 2.46. The summed E-state index contributed by atoms with van der Waals surface area (Å²) in [6.45, 7) is 2.53. The topological polar surface area (TPSA) is 61.6 Å². The monoisotopic (exact) mass is 504 g/mol. The third-order valence-electron chi connectivity index (χ3n) is 10.7. The highest BCUT2D eigenvalue weighted by Crippen LogP contribution is 2.48. The summed E-state index contributed by atoms with van der Waals surface area (Å²) in [5, 5.41) is 9.08. The molecule has 0 amide bonds. The molecule has 1 aromatic carbocycles. The Labute approximate surface area is 221 Å². The lowest BCUT2D eigenvalue weighted by molar-refractivity contribution is -0.137. The maximum Gasteiger partial charge on any atom is 0.304 e. The number of fused-ring (bicyclic) bond motifs is 5. The Bertz CT molecular complexity index is 1100. The van der Waals surface area contributed by atoms with Crippen LogP contribution in [0.3, 0.4) is 0 Å². The maximum atomic E-state index is 11.0. The first-order chi connectivity index (χ1) is 18.1. The van der Waals surface area contributed by atoms with Gasteiger partial charge in [-0.1, -0.05) is 44.2 Å². The molecule has 6 nitrogen and oxygen atoms in total. The number of benzene rings is 1. The minimum atomic E-state index is -0.703. The number of aromatic nitrogens is 2. The van der Waals surface area contributed by atoms with E-state index in [1.807, 2.05) is 0 Å². The Balaban J connectivity index is 1.13. The molecule has 0 radical (unpaired) electrons. The predicted molar refractivity (Wildman–Crippen MR) is 146 cm³/mol. The Hall–Kier alpha value is -1.92. The molecule has 0 spiro atoms.